The van der Waals surface area contributed by atoms with Gasteiger partial charge in [-0.3, -0.25) is 23.9 Å². The van der Waals surface area contributed by atoms with Crippen LogP contribution in [-0.4, -0.2) is 57.3 Å². The van der Waals surface area contributed by atoms with Crippen molar-refractivity contribution >= 4 is 11.8 Å². The topological polar surface area (TPSA) is 95.5 Å². The standard InChI is InChI=1S/C17H24N4O4/c1-2-7-19-8-3-5-17(15(19)24)6-10-21(12-17)14(23)11-20-9-4-13(22)18-16(20)25/h4,9H,2-3,5-8,10-12H2,1H3,(H,18,22,25)/t17-/m1/s1. The summed E-state index contributed by atoms with van der Waals surface area (Å²) in [5.74, 6) is -0.0384. The molecule has 8 heteroatoms. The van der Waals surface area contributed by atoms with Gasteiger partial charge in [0.25, 0.3) is 5.56 Å². The minimum absolute atomic E-state index is 0.126. The van der Waals surface area contributed by atoms with Crippen LogP contribution in [0.4, 0.5) is 0 Å². The number of hydrogen-bond acceptors (Lipinski definition) is 4. The van der Waals surface area contributed by atoms with Gasteiger partial charge in [0.1, 0.15) is 6.54 Å². The quantitative estimate of drug-likeness (QED) is 0.814. The minimum Gasteiger partial charge on any atom is -0.342 e. The number of likely N-dealkylation sites (tertiary alicyclic amines) is 2. The summed E-state index contributed by atoms with van der Waals surface area (Å²) in [6.45, 7) is 4.45. The highest BCUT2D eigenvalue weighted by Crippen LogP contribution is 2.40. The van der Waals surface area contributed by atoms with Crippen LogP contribution in [0.15, 0.2) is 21.9 Å². The molecule has 25 heavy (non-hydrogen) atoms. The van der Waals surface area contributed by atoms with E-state index in [1.54, 1.807) is 4.90 Å². The predicted octanol–water partition coefficient (Wildman–Crippen LogP) is -0.212. The lowest BCUT2D eigenvalue weighted by atomic mass is 9.78. The van der Waals surface area contributed by atoms with Crippen molar-refractivity contribution in [3.8, 4) is 0 Å². The molecule has 3 heterocycles. The first-order valence-electron chi connectivity index (χ1n) is 8.82. The average Bonchev–Trinajstić information content (AvgIpc) is 3.00. The molecule has 2 fully saturated rings. The summed E-state index contributed by atoms with van der Waals surface area (Å²) in [5.41, 5.74) is -1.55. The number of carbonyl (C=O) groups is 2. The summed E-state index contributed by atoms with van der Waals surface area (Å²) in [7, 11) is 0. The van der Waals surface area contributed by atoms with Gasteiger partial charge in [0.15, 0.2) is 0 Å². The molecule has 2 aliphatic heterocycles. The number of hydrogen-bond donors (Lipinski definition) is 1. The van der Waals surface area contributed by atoms with Gasteiger partial charge in [0.05, 0.1) is 5.41 Å². The van der Waals surface area contributed by atoms with Gasteiger partial charge >= 0.3 is 5.69 Å². The third kappa shape index (κ3) is 3.38. The van der Waals surface area contributed by atoms with Crippen LogP contribution < -0.4 is 11.2 Å². The number of H-pyrrole nitrogens is 1. The molecule has 1 aromatic rings. The van der Waals surface area contributed by atoms with Crippen molar-refractivity contribution in [2.75, 3.05) is 26.2 Å². The first kappa shape index (κ1) is 17.4. The highest BCUT2D eigenvalue weighted by Gasteiger charge is 2.49. The Labute approximate surface area is 145 Å². The number of nitrogens with zero attached hydrogens (tertiary/aromatic N) is 3. The second kappa shape index (κ2) is 6.85. The molecule has 136 valence electrons. The first-order chi connectivity index (χ1) is 11.9. The zero-order chi connectivity index (χ0) is 18.0. The van der Waals surface area contributed by atoms with E-state index in [2.05, 4.69) is 11.9 Å². The van der Waals surface area contributed by atoms with Gasteiger partial charge in [0.2, 0.25) is 11.8 Å². The van der Waals surface area contributed by atoms with Crippen LogP contribution in [0.25, 0.3) is 0 Å². The summed E-state index contributed by atoms with van der Waals surface area (Å²) < 4.78 is 1.18. The van der Waals surface area contributed by atoms with Crippen LogP contribution in [-0.2, 0) is 16.1 Å². The molecule has 0 radical (unpaired) electrons. The maximum atomic E-state index is 12.9. The molecule has 0 aromatic carbocycles. The normalized spacial score (nSPS) is 23.5. The van der Waals surface area contributed by atoms with Gasteiger partial charge in [-0.25, -0.2) is 4.79 Å². The van der Waals surface area contributed by atoms with E-state index in [4.69, 9.17) is 0 Å². The van der Waals surface area contributed by atoms with Crippen molar-refractivity contribution in [2.45, 2.75) is 39.2 Å². The Morgan fingerprint density at radius 3 is 2.76 bits per heavy atom. The molecule has 8 nitrogen and oxygen atoms in total. The Hall–Kier alpha value is -2.38. The highest BCUT2D eigenvalue weighted by molar-refractivity contribution is 5.86. The highest BCUT2D eigenvalue weighted by atomic mass is 16.2. The van der Waals surface area contributed by atoms with Crippen LogP contribution in [0, 0.1) is 5.41 Å². The summed E-state index contributed by atoms with van der Waals surface area (Å²) in [6, 6.07) is 1.22. The molecular weight excluding hydrogens is 324 g/mol. The van der Waals surface area contributed by atoms with Gasteiger partial charge in [0, 0.05) is 38.4 Å². The zero-order valence-corrected chi connectivity index (χ0v) is 14.5. The van der Waals surface area contributed by atoms with Crippen LogP contribution in [0.3, 0.4) is 0 Å². The van der Waals surface area contributed by atoms with E-state index in [1.165, 1.54) is 16.8 Å². The van der Waals surface area contributed by atoms with Crippen molar-refractivity contribution in [3.05, 3.63) is 33.1 Å². The Morgan fingerprint density at radius 2 is 2.04 bits per heavy atom. The fourth-order valence-electron chi connectivity index (χ4n) is 3.91. The summed E-state index contributed by atoms with van der Waals surface area (Å²) >= 11 is 0. The molecule has 2 saturated heterocycles. The van der Waals surface area contributed by atoms with Crippen molar-refractivity contribution in [1.82, 2.24) is 19.4 Å². The third-order valence-corrected chi connectivity index (χ3v) is 5.23. The molecule has 3 rings (SSSR count). The molecule has 2 amide bonds. The number of aromatic nitrogens is 2. The molecule has 1 atom stereocenters. The number of rotatable bonds is 4. The molecule has 2 aliphatic rings. The molecular formula is C17H24N4O4. The third-order valence-electron chi connectivity index (χ3n) is 5.23. The van der Waals surface area contributed by atoms with E-state index in [9.17, 15) is 19.2 Å². The number of amides is 2. The lowest BCUT2D eigenvalue weighted by molar-refractivity contribution is -0.146. The monoisotopic (exact) mass is 348 g/mol. The van der Waals surface area contributed by atoms with E-state index in [0.717, 1.165) is 32.4 Å². The maximum absolute atomic E-state index is 12.9. The Balaban J connectivity index is 1.69. The summed E-state index contributed by atoms with van der Waals surface area (Å²) in [5, 5.41) is 0. The van der Waals surface area contributed by atoms with Crippen molar-refractivity contribution in [1.29, 1.82) is 0 Å². The Kier molecular flexibility index (Phi) is 4.78. The van der Waals surface area contributed by atoms with Crippen molar-refractivity contribution in [2.24, 2.45) is 5.41 Å². The number of carbonyl (C=O) groups excluding carboxylic acids is 2. The van der Waals surface area contributed by atoms with Gasteiger partial charge in [-0.1, -0.05) is 6.92 Å². The van der Waals surface area contributed by atoms with E-state index >= 15 is 0 Å². The smallest absolute Gasteiger partial charge is 0.328 e. The predicted molar refractivity (Wildman–Crippen MR) is 91.1 cm³/mol. The number of nitrogens with one attached hydrogen (secondary N) is 1. The van der Waals surface area contributed by atoms with E-state index in [0.29, 0.717) is 19.5 Å². The van der Waals surface area contributed by atoms with Crippen molar-refractivity contribution in [3.63, 3.8) is 0 Å². The maximum Gasteiger partial charge on any atom is 0.328 e. The van der Waals surface area contributed by atoms with E-state index in [-0.39, 0.29) is 18.4 Å². The lowest BCUT2D eigenvalue weighted by Crippen LogP contribution is -2.50. The molecule has 0 aliphatic carbocycles. The summed E-state index contributed by atoms with van der Waals surface area (Å²) in [4.78, 5) is 54.0. The van der Waals surface area contributed by atoms with Crippen LogP contribution >= 0.6 is 0 Å². The van der Waals surface area contributed by atoms with Gasteiger partial charge in [-0.2, -0.15) is 0 Å². The molecule has 1 aromatic heterocycles. The number of piperidine rings is 1. The zero-order valence-electron chi connectivity index (χ0n) is 14.5. The average molecular weight is 348 g/mol. The lowest BCUT2D eigenvalue weighted by Gasteiger charge is -2.39. The second-order valence-electron chi connectivity index (χ2n) is 6.98. The molecule has 0 bridgehead atoms. The first-order valence-corrected chi connectivity index (χ1v) is 8.82. The molecule has 1 N–H and O–H groups in total. The largest absolute Gasteiger partial charge is 0.342 e. The Bertz CT molecular complexity index is 781. The molecule has 0 unspecified atom stereocenters. The minimum atomic E-state index is -0.599. The fourth-order valence-corrected chi connectivity index (χ4v) is 3.91. The van der Waals surface area contributed by atoms with Crippen LogP contribution in [0.2, 0.25) is 0 Å². The van der Waals surface area contributed by atoms with E-state index < -0.39 is 16.7 Å². The summed E-state index contributed by atoms with van der Waals surface area (Å²) in [6.07, 6.45) is 4.71. The SMILES string of the molecule is CCCN1CCC[C@]2(CCN(C(=O)Cn3ccc(=O)[nH]c3=O)C2)C1=O. The number of aromatic amines is 1. The van der Waals surface area contributed by atoms with Crippen LogP contribution in [0.1, 0.15) is 32.6 Å². The van der Waals surface area contributed by atoms with Crippen LogP contribution in [0.5, 0.6) is 0 Å². The van der Waals surface area contributed by atoms with Gasteiger partial charge in [-0.15, -0.1) is 0 Å². The molecule has 0 saturated carbocycles. The van der Waals surface area contributed by atoms with Gasteiger partial charge in [-0.05, 0) is 25.7 Å². The van der Waals surface area contributed by atoms with Gasteiger partial charge < -0.3 is 9.80 Å². The van der Waals surface area contributed by atoms with E-state index in [1.807, 2.05) is 4.90 Å². The van der Waals surface area contributed by atoms with Crippen molar-refractivity contribution < 1.29 is 9.59 Å². The Morgan fingerprint density at radius 1 is 1.24 bits per heavy atom. The second-order valence-corrected chi connectivity index (χ2v) is 6.98. The fraction of sp³-hybridized carbons (Fsp3) is 0.647. The molecule has 1 spiro atoms.